The number of ketones is 1. The number of ether oxygens (including phenoxy) is 1. The molecule has 5 nitrogen and oxygen atoms in total. The molecule has 1 atom stereocenters. The van der Waals surface area contributed by atoms with Crippen LogP contribution in [-0.2, 0) is 0 Å². The van der Waals surface area contributed by atoms with Gasteiger partial charge >= 0.3 is 0 Å². The Hall–Kier alpha value is -3.62. The van der Waals surface area contributed by atoms with E-state index in [2.05, 4.69) is 11.4 Å². The molecule has 0 radical (unpaired) electrons. The van der Waals surface area contributed by atoms with Crippen LogP contribution in [0.2, 0.25) is 5.02 Å². The predicted octanol–water partition coefficient (Wildman–Crippen LogP) is 4.66. The van der Waals surface area contributed by atoms with Crippen LogP contribution in [0.25, 0.3) is 0 Å². The van der Waals surface area contributed by atoms with Crippen LogP contribution in [-0.4, -0.2) is 23.8 Å². The summed E-state index contributed by atoms with van der Waals surface area (Å²) in [7, 11) is 0. The molecule has 3 aromatic rings. The van der Waals surface area contributed by atoms with E-state index in [9.17, 15) is 14.9 Å². The van der Waals surface area contributed by atoms with Gasteiger partial charge in [0.1, 0.15) is 12.4 Å². The lowest BCUT2D eigenvalue weighted by Gasteiger charge is -2.23. The van der Waals surface area contributed by atoms with E-state index in [1.165, 1.54) is 0 Å². The highest BCUT2D eigenvalue weighted by atomic mass is 35.5. The molecule has 0 fully saturated rings. The number of nitrogens with one attached hydrogen (secondary N) is 1. The Morgan fingerprint density at radius 1 is 0.933 bits per heavy atom. The maximum absolute atomic E-state index is 12.6. The van der Waals surface area contributed by atoms with Crippen molar-refractivity contribution in [1.82, 2.24) is 5.32 Å². The zero-order valence-electron chi connectivity index (χ0n) is 16.3. The van der Waals surface area contributed by atoms with Gasteiger partial charge in [0.2, 0.25) is 0 Å². The van der Waals surface area contributed by atoms with Crippen LogP contribution in [0.1, 0.15) is 33.2 Å². The van der Waals surface area contributed by atoms with Crippen molar-refractivity contribution >= 4 is 23.3 Å². The fourth-order valence-electron chi connectivity index (χ4n) is 2.73. The van der Waals surface area contributed by atoms with Gasteiger partial charge in [0.05, 0.1) is 11.1 Å². The van der Waals surface area contributed by atoms with Crippen LogP contribution in [0.4, 0.5) is 0 Å². The van der Waals surface area contributed by atoms with E-state index in [0.717, 1.165) is 0 Å². The molecule has 3 rings (SSSR count). The lowest BCUT2D eigenvalue weighted by Crippen LogP contribution is -2.49. The summed E-state index contributed by atoms with van der Waals surface area (Å²) in [6.45, 7) is 1.48. The number of nitrogens with zero attached hydrogens (tertiary/aromatic N) is 1. The van der Waals surface area contributed by atoms with Gasteiger partial charge in [0.25, 0.3) is 5.91 Å². The molecule has 6 heteroatoms. The van der Waals surface area contributed by atoms with Gasteiger partial charge in [-0.1, -0.05) is 66.2 Å². The van der Waals surface area contributed by atoms with Crippen molar-refractivity contribution in [2.45, 2.75) is 12.5 Å². The molecule has 1 N–H and O–H groups in total. The molecule has 0 saturated carbocycles. The van der Waals surface area contributed by atoms with Crippen molar-refractivity contribution in [1.29, 1.82) is 5.26 Å². The second-order valence-electron chi connectivity index (χ2n) is 6.89. The Morgan fingerprint density at radius 2 is 1.50 bits per heavy atom. The molecule has 150 valence electrons. The zero-order valence-corrected chi connectivity index (χ0v) is 17.0. The average molecular weight is 419 g/mol. The summed E-state index contributed by atoms with van der Waals surface area (Å²) in [6, 6.07) is 24.2. The second-order valence-corrected chi connectivity index (χ2v) is 7.30. The molecule has 0 aliphatic heterocycles. The third-order valence-electron chi connectivity index (χ3n) is 4.43. The topological polar surface area (TPSA) is 79.2 Å². The van der Waals surface area contributed by atoms with Crippen LogP contribution in [0, 0.1) is 11.3 Å². The molecule has 0 heterocycles. The highest BCUT2D eigenvalue weighted by Gasteiger charge is 2.28. The van der Waals surface area contributed by atoms with Crippen LogP contribution in [0.5, 0.6) is 5.75 Å². The van der Waals surface area contributed by atoms with Crippen molar-refractivity contribution in [2.24, 2.45) is 0 Å². The quantitative estimate of drug-likeness (QED) is 0.566. The summed E-state index contributed by atoms with van der Waals surface area (Å²) >= 11 is 6.06. The van der Waals surface area contributed by atoms with E-state index in [1.54, 1.807) is 79.7 Å². The minimum atomic E-state index is -1.27. The number of hydrogen-bond donors (Lipinski definition) is 1. The lowest BCUT2D eigenvalue weighted by molar-refractivity contribution is 0.0900. The van der Waals surface area contributed by atoms with Gasteiger partial charge in [-0.25, -0.2) is 0 Å². The van der Waals surface area contributed by atoms with Crippen molar-refractivity contribution < 1.29 is 14.3 Å². The van der Waals surface area contributed by atoms with E-state index < -0.39 is 11.4 Å². The van der Waals surface area contributed by atoms with E-state index in [1.807, 2.05) is 6.07 Å². The summed E-state index contributed by atoms with van der Waals surface area (Å²) in [5, 5.41) is 12.6. The molecule has 0 aromatic heterocycles. The molecule has 0 aliphatic carbocycles. The Balaban J connectivity index is 1.67. The fourth-order valence-corrected chi connectivity index (χ4v) is 2.92. The lowest BCUT2D eigenvalue weighted by atomic mass is 10.0. The van der Waals surface area contributed by atoms with Crippen LogP contribution < -0.4 is 10.1 Å². The van der Waals surface area contributed by atoms with Gasteiger partial charge in [0, 0.05) is 16.7 Å². The normalized spacial score (nSPS) is 12.3. The molecular weight excluding hydrogens is 400 g/mol. The monoisotopic (exact) mass is 418 g/mol. The summed E-state index contributed by atoms with van der Waals surface area (Å²) in [4.78, 5) is 25.1. The second kappa shape index (κ2) is 9.25. The fraction of sp³-hybridized carbons (Fsp3) is 0.125. The third kappa shape index (κ3) is 5.05. The number of hydrogen-bond acceptors (Lipinski definition) is 4. The number of carbonyl (C=O) groups excluding carboxylic acids is 2. The van der Waals surface area contributed by atoms with Crippen molar-refractivity contribution in [2.75, 3.05) is 6.61 Å². The van der Waals surface area contributed by atoms with Crippen LogP contribution in [0.3, 0.4) is 0 Å². The largest absolute Gasteiger partial charge is 0.488 e. The summed E-state index contributed by atoms with van der Waals surface area (Å²) in [5.74, 6) is -0.142. The van der Waals surface area contributed by atoms with Crippen LogP contribution in [0.15, 0.2) is 78.9 Å². The van der Waals surface area contributed by atoms with Gasteiger partial charge in [-0.15, -0.1) is 0 Å². The average Bonchev–Trinajstić information content (AvgIpc) is 2.79. The zero-order chi connectivity index (χ0) is 21.6. The molecule has 0 saturated heterocycles. The van der Waals surface area contributed by atoms with Crippen molar-refractivity contribution in [3.8, 4) is 11.8 Å². The molecule has 30 heavy (non-hydrogen) atoms. The first-order chi connectivity index (χ1) is 14.4. The summed E-state index contributed by atoms with van der Waals surface area (Å²) in [6.07, 6.45) is 0. The minimum Gasteiger partial charge on any atom is -0.488 e. The van der Waals surface area contributed by atoms with Gasteiger partial charge in [-0.05, 0) is 31.2 Å². The standard InChI is InChI=1S/C24H19ClN2O3/c1-24(15-26,16-30-21-10-6-5-9-20(21)25)27-23(29)19-13-11-18(12-14-19)22(28)17-7-3-2-4-8-17/h2-14H,16H2,1H3,(H,27,29). The highest BCUT2D eigenvalue weighted by molar-refractivity contribution is 6.32. The van der Waals surface area contributed by atoms with E-state index >= 15 is 0 Å². The van der Waals surface area contributed by atoms with Gasteiger partial charge in [-0.2, -0.15) is 5.26 Å². The number of para-hydroxylation sites is 1. The SMILES string of the molecule is CC(C#N)(COc1ccccc1Cl)NC(=O)c1ccc(C(=O)c2ccccc2)cc1. The van der Waals surface area contributed by atoms with Gasteiger partial charge in [0.15, 0.2) is 11.3 Å². The molecule has 1 unspecified atom stereocenters. The maximum atomic E-state index is 12.6. The maximum Gasteiger partial charge on any atom is 0.252 e. The highest BCUT2D eigenvalue weighted by Crippen LogP contribution is 2.24. The number of carbonyl (C=O) groups is 2. The minimum absolute atomic E-state index is 0.0798. The van der Waals surface area contributed by atoms with Crippen molar-refractivity contribution in [3.05, 3.63) is 101 Å². The molecule has 3 aromatic carbocycles. The Bertz CT molecular complexity index is 1090. The molecule has 0 spiro atoms. The summed E-state index contributed by atoms with van der Waals surface area (Å²) < 4.78 is 5.62. The number of amides is 1. The number of benzene rings is 3. The van der Waals surface area contributed by atoms with E-state index in [0.29, 0.717) is 27.5 Å². The summed E-state index contributed by atoms with van der Waals surface area (Å²) in [5.41, 5.74) is 0.111. The van der Waals surface area contributed by atoms with Gasteiger partial charge < -0.3 is 10.1 Å². The first-order valence-corrected chi connectivity index (χ1v) is 9.60. The van der Waals surface area contributed by atoms with E-state index in [4.69, 9.17) is 16.3 Å². The number of nitriles is 1. The molecular formula is C24H19ClN2O3. The van der Waals surface area contributed by atoms with E-state index in [-0.39, 0.29) is 12.4 Å². The predicted molar refractivity (Wildman–Crippen MR) is 115 cm³/mol. The Morgan fingerprint density at radius 3 is 2.13 bits per heavy atom. The van der Waals surface area contributed by atoms with Crippen molar-refractivity contribution in [3.63, 3.8) is 0 Å². The van der Waals surface area contributed by atoms with Gasteiger partial charge in [-0.3, -0.25) is 9.59 Å². The Labute approximate surface area is 179 Å². The Kier molecular flexibility index (Phi) is 6.51. The third-order valence-corrected chi connectivity index (χ3v) is 4.75. The molecule has 0 bridgehead atoms. The van der Waals surface area contributed by atoms with Crippen LogP contribution >= 0.6 is 11.6 Å². The number of halogens is 1. The molecule has 0 aliphatic rings. The molecule has 1 amide bonds. The smallest absolute Gasteiger partial charge is 0.252 e. The number of rotatable bonds is 7. The first kappa shape index (κ1) is 21.1. The first-order valence-electron chi connectivity index (χ1n) is 9.23.